The maximum Gasteiger partial charge on any atom is 0.316 e. The maximum absolute atomic E-state index is 12.8. The fourth-order valence-electron chi connectivity index (χ4n) is 1.62. The molecule has 0 aliphatic rings. The van der Waals surface area contributed by atoms with E-state index in [1.54, 1.807) is 18.2 Å². The Hall–Kier alpha value is -2.89. The predicted octanol–water partition coefficient (Wildman–Crippen LogP) is 2.57. The molecule has 4 N–H and O–H groups in total. The average Bonchev–Trinajstić information content (AvgIpc) is 2.41. The zero-order valence-electron chi connectivity index (χ0n) is 10.4. The second-order valence-electron chi connectivity index (χ2n) is 4.03. The number of nitrogens with two attached hydrogens (primary N) is 1. The van der Waals surface area contributed by atoms with Gasteiger partial charge in [-0.15, -0.1) is 0 Å². The molecular formula is C14H12FN3O2. The predicted molar refractivity (Wildman–Crippen MR) is 74.0 cm³/mol. The van der Waals surface area contributed by atoms with Crippen LogP contribution in [0, 0.1) is 5.82 Å². The van der Waals surface area contributed by atoms with Gasteiger partial charge in [-0.2, -0.15) is 0 Å². The number of benzene rings is 2. The number of hydrogen-bond acceptors (Lipinski definition) is 2. The molecular weight excluding hydrogens is 261 g/mol. The molecule has 2 aromatic carbocycles. The number of halogens is 1. The smallest absolute Gasteiger partial charge is 0.316 e. The molecule has 0 atom stereocenters. The molecule has 0 aromatic heterocycles. The van der Waals surface area contributed by atoms with Crippen LogP contribution in [-0.4, -0.2) is 11.9 Å². The summed E-state index contributed by atoms with van der Waals surface area (Å²) in [6.45, 7) is 0. The first-order chi connectivity index (χ1) is 9.54. The first-order valence-corrected chi connectivity index (χ1v) is 5.78. The van der Waals surface area contributed by atoms with E-state index >= 15 is 0 Å². The Balaban J connectivity index is 2.12. The molecule has 20 heavy (non-hydrogen) atoms. The molecule has 0 heterocycles. The number of rotatable bonds is 3. The van der Waals surface area contributed by atoms with Gasteiger partial charge >= 0.3 is 6.03 Å². The lowest BCUT2D eigenvalue weighted by Crippen LogP contribution is -2.19. The molecule has 2 rings (SSSR count). The number of carbonyl (C=O) groups is 2. The summed E-state index contributed by atoms with van der Waals surface area (Å²) >= 11 is 0. The van der Waals surface area contributed by atoms with Crippen molar-refractivity contribution in [2.75, 3.05) is 10.6 Å². The van der Waals surface area contributed by atoms with Crippen molar-refractivity contribution in [3.63, 3.8) is 0 Å². The van der Waals surface area contributed by atoms with Crippen molar-refractivity contribution >= 4 is 23.3 Å². The van der Waals surface area contributed by atoms with Crippen LogP contribution in [0.5, 0.6) is 0 Å². The van der Waals surface area contributed by atoms with Crippen LogP contribution in [0.2, 0.25) is 0 Å². The van der Waals surface area contributed by atoms with Crippen molar-refractivity contribution in [1.29, 1.82) is 0 Å². The highest BCUT2D eigenvalue weighted by atomic mass is 19.1. The number of anilines is 2. The van der Waals surface area contributed by atoms with Gasteiger partial charge in [0.05, 0.1) is 0 Å². The summed E-state index contributed by atoms with van der Waals surface area (Å²) in [6.07, 6.45) is 0. The quantitative estimate of drug-likeness (QED) is 0.803. The van der Waals surface area contributed by atoms with Gasteiger partial charge in [0.25, 0.3) is 5.91 Å². The van der Waals surface area contributed by atoms with Crippen molar-refractivity contribution in [2.24, 2.45) is 5.73 Å². The lowest BCUT2D eigenvalue weighted by Gasteiger charge is -2.07. The number of urea groups is 1. The summed E-state index contributed by atoms with van der Waals surface area (Å²) < 4.78 is 12.8. The van der Waals surface area contributed by atoms with E-state index in [1.807, 2.05) is 0 Å². The van der Waals surface area contributed by atoms with Crippen molar-refractivity contribution in [3.05, 3.63) is 59.9 Å². The molecule has 5 nitrogen and oxygen atoms in total. The van der Waals surface area contributed by atoms with E-state index < -0.39 is 6.03 Å². The normalized spacial score (nSPS) is 9.85. The highest BCUT2D eigenvalue weighted by Crippen LogP contribution is 2.14. The third kappa shape index (κ3) is 3.55. The van der Waals surface area contributed by atoms with Crippen LogP contribution in [0.3, 0.4) is 0 Å². The van der Waals surface area contributed by atoms with Crippen molar-refractivity contribution in [1.82, 2.24) is 0 Å². The van der Waals surface area contributed by atoms with Gasteiger partial charge < -0.3 is 16.4 Å². The van der Waals surface area contributed by atoms with E-state index in [4.69, 9.17) is 5.73 Å². The topological polar surface area (TPSA) is 84.2 Å². The SMILES string of the molecule is NC(=O)Nc1cccc(C(=O)Nc2ccc(F)cc2)c1. The molecule has 0 aliphatic carbocycles. The molecule has 2 aromatic rings. The van der Waals surface area contributed by atoms with Crippen LogP contribution in [0.25, 0.3) is 0 Å². The standard InChI is InChI=1S/C14H12FN3O2/c15-10-4-6-11(7-5-10)17-13(19)9-2-1-3-12(8-9)18-14(16)20/h1-8H,(H,17,19)(H3,16,18,20). The van der Waals surface area contributed by atoms with Gasteiger partial charge in [-0.1, -0.05) is 6.07 Å². The minimum atomic E-state index is -0.707. The molecule has 3 amide bonds. The van der Waals surface area contributed by atoms with E-state index in [0.29, 0.717) is 16.9 Å². The highest BCUT2D eigenvalue weighted by molar-refractivity contribution is 6.05. The lowest BCUT2D eigenvalue weighted by atomic mass is 10.2. The van der Waals surface area contributed by atoms with Gasteiger partial charge in [0.1, 0.15) is 5.82 Å². The minimum Gasteiger partial charge on any atom is -0.351 e. The number of carbonyl (C=O) groups excluding carboxylic acids is 2. The zero-order chi connectivity index (χ0) is 14.5. The van der Waals surface area contributed by atoms with E-state index in [9.17, 15) is 14.0 Å². The highest BCUT2D eigenvalue weighted by Gasteiger charge is 2.07. The van der Waals surface area contributed by atoms with Crippen molar-refractivity contribution in [2.45, 2.75) is 0 Å². The molecule has 0 bridgehead atoms. The maximum atomic E-state index is 12.8. The third-order valence-electron chi connectivity index (χ3n) is 2.49. The lowest BCUT2D eigenvalue weighted by molar-refractivity contribution is 0.102. The third-order valence-corrected chi connectivity index (χ3v) is 2.49. The summed E-state index contributed by atoms with van der Waals surface area (Å²) in [6, 6.07) is 11.0. The van der Waals surface area contributed by atoms with E-state index in [0.717, 1.165) is 0 Å². The van der Waals surface area contributed by atoms with Crippen molar-refractivity contribution in [3.8, 4) is 0 Å². The second kappa shape index (κ2) is 5.83. The van der Waals surface area contributed by atoms with Crippen LogP contribution in [-0.2, 0) is 0 Å². The molecule has 0 radical (unpaired) electrons. The molecule has 0 aliphatic heterocycles. The molecule has 102 valence electrons. The second-order valence-corrected chi connectivity index (χ2v) is 4.03. The Morgan fingerprint density at radius 3 is 2.30 bits per heavy atom. The monoisotopic (exact) mass is 273 g/mol. The summed E-state index contributed by atoms with van der Waals surface area (Å²) in [5, 5.41) is 5.00. The molecule has 6 heteroatoms. The van der Waals surface area contributed by atoms with Crippen molar-refractivity contribution < 1.29 is 14.0 Å². The van der Waals surface area contributed by atoms with Gasteiger partial charge in [0, 0.05) is 16.9 Å². The number of hydrogen-bond donors (Lipinski definition) is 3. The Kier molecular flexibility index (Phi) is 3.95. The molecule has 0 unspecified atom stereocenters. The fraction of sp³-hybridized carbons (Fsp3) is 0. The summed E-state index contributed by atoms with van der Waals surface area (Å²) in [4.78, 5) is 22.7. The molecule has 0 spiro atoms. The summed E-state index contributed by atoms with van der Waals surface area (Å²) in [5.41, 5.74) is 6.25. The Morgan fingerprint density at radius 2 is 1.65 bits per heavy atom. The van der Waals surface area contributed by atoms with E-state index in [1.165, 1.54) is 30.3 Å². The van der Waals surface area contributed by atoms with Crippen LogP contribution in [0.1, 0.15) is 10.4 Å². The van der Waals surface area contributed by atoms with E-state index in [2.05, 4.69) is 10.6 Å². The first kappa shape index (κ1) is 13.5. The number of amides is 3. The van der Waals surface area contributed by atoms with Gasteiger partial charge in [0.15, 0.2) is 0 Å². The fourth-order valence-corrected chi connectivity index (χ4v) is 1.62. The minimum absolute atomic E-state index is 0.348. The summed E-state index contributed by atoms with van der Waals surface area (Å²) in [7, 11) is 0. The largest absolute Gasteiger partial charge is 0.351 e. The zero-order valence-corrected chi connectivity index (χ0v) is 10.4. The first-order valence-electron chi connectivity index (χ1n) is 5.78. The number of primary amides is 1. The molecule has 0 saturated carbocycles. The average molecular weight is 273 g/mol. The van der Waals surface area contributed by atoms with Gasteiger partial charge in [-0.3, -0.25) is 4.79 Å². The Bertz CT molecular complexity index is 641. The van der Waals surface area contributed by atoms with E-state index in [-0.39, 0.29) is 11.7 Å². The van der Waals surface area contributed by atoms with Crippen LogP contribution < -0.4 is 16.4 Å². The molecule has 0 saturated heterocycles. The molecule has 0 fully saturated rings. The van der Waals surface area contributed by atoms with Gasteiger partial charge in [0.2, 0.25) is 0 Å². The van der Waals surface area contributed by atoms with Crippen LogP contribution in [0.15, 0.2) is 48.5 Å². The number of nitrogens with one attached hydrogen (secondary N) is 2. The van der Waals surface area contributed by atoms with Crippen LogP contribution >= 0.6 is 0 Å². The Morgan fingerprint density at radius 1 is 0.950 bits per heavy atom. The van der Waals surface area contributed by atoms with Gasteiger partial charge in [-0.05, 0) is 42.5 Å². The Labute approximate surface area is 114 Å². The summed E-state index contributed by atoms with van der Waals surface area (Å²) in [5.74, 6) is -0.750. The van der Waals surface area contributed by atoms with Crippen LogP contribution in [0.4, 0.5) is 20.6 Å². The van der Waals surface area contributed by atoms with Gasteiger partial charge in [-0.25, -0.2) is 9.18 Å².